The van der Waals surface area contributed by atoms with Gasteiger partial charge in [-0.15, -0.1) is 0 Å². The quantitative estimate of drug-likeness (QED) is 0.354. The highest BCUT2D eigenvalue weighted by Gasteiger charge is 2.33. The first-order valence-electron chi connectivity index (χ1n) is 11.4. The van der Waals surface area contributed by atoms with Crippen molar-refractivity contribution in [3.05, 3.63) is 113 Å². The average molecular weight is 467 g/mol. The first kappa shape index (κ1) is 22.0. The van der Waals surface area contributed by atoms with Crippen molar-refractivity contribution in [3.8, 4) is 11.4 Å². The molecule has 1 aromatic heterocycles. The first-order valence-corrected chi connectivity index (χ1v) is 11.8. The molecule has 3 aromatic carbocycles. The molecule has 1 unspecified atom stereocenters. The third-order valence-corrected chi connectivity index (χ3v) is 6.50. The Labute approximate surface area is 205 Å². The molecular weight excluding hydrogens is 440 g/mol. The number of hydrogen-bond acceptors (Lipinski definition) is 4. The van der Waals surface area contributed by atoms with Crippen LogP contribution in [0.1, 0.15) is 35.5 Å². The van der Waals surface area contributed by atoms with Gasteiger partial charge in [0, 0.05) is 17.8 Å². The fourth-order valence-electron chi connectivity index (χ4n) is 4.26. The minimum Gasteiger partial charge on any atom is -0.351 e. The number of aromatic nitrogens is 2. The molecule has 170 valence electrons. The van der Waals surface area contributed by atoms with Crippen LogP contribution in [0.25, 0.3) is 17.0 Å². The zero-order valence-electron chi connectivity index (χ0n) is 19.2. The van der Waals surface area contributed by atoms with Gasteiger partial charge in [-0.3, -0.25) is 0 Å². The van der Waals surface area contributed by atoms with E-state index in [4.69, 9.17) is 21.7 Å². The van der Waals surface area contributed by atoms with Gasteiger partial charge in [0.05, 0.1) is 11.6 Å². The maximum Gasteiger partial charge on any atom is 0.258 e. The second-order valence-electron chi connectivity index (χ2n) is 8.47. The van der Waals surface area contributed by atoms with Gasteiger partial charge in [-0.1, -0.05) is 95.6 Å². The second kappa shape index (κ2) is 9.61. The van der Waals surface area contributed by atoms with Crippen molar-refractivity contribution in [1.29, 1.82) is 0 Å². The van der Waals surface area contributed by atoms with Crippen LogP contribution < -0.4 is 5.32 Å². The molecule has 0 saturated carbocycles. The lowest BCUT2D eigenvalue weighted by Crippen LogP contribution is -2.46. The molecular formula is C28H26N4OS. The summed E-state index contributed by atoms with van der Waals surface area (Å²) in [6.07, 6.45) is 0.877. The van der Waals surface area contributed by atoms with E-state index in [0.717, 1.165) is 35.4 Å². The summed E-state index contributed by atoms with van der Waals surface area (Å²) < 4.78 is 5.82. The Hall–Kier alpha value is -3.77. The number of nitrogens with one attached hydrogen (secondary N) is 1. The summed E-state index contributed by atoms with van der Waals surface area (Å²) in [5.41, 5.74) is 6.46. The fraction of sp³-hybridized carbons (Fsp3) is 0.179. The van der Waals surface area contributed by atoms with Gasteiger partial charge in [-0.2, -0.15) is 4.98 Å². The second-order valence-corrected chi connectivity index (χ2v) is 8.86. The van der Waals surface area contributed by atoms with Crippen molar-refractivity contribution in [2.45, 2.75) is 26.3 Å². The predicted molar refractivity (Wildman–Crippen MR) is 139 cm³/mol. The fourth-order valence-corrected chi connectivity index (χ4v) is 4.61. The average Bonchev–Trinajstić information content (AvgIpc) is 3.35. The minimum absolute atomic E-state index is 0.176. The van der Waals surface area contributed by atoms with E-state index in [0.29, 0.717) is 16.8 Å². The molecule has 0 aliphatic carbocycles. The van der Waals surface area contributed by atoms with Gasteiger partial charge < -0.3 is 14.7 Å². The van der Waals surface area contributed by atoms with E-state index < -0.39 is 0 Å². The van der Waals surface area contributed by atoms with Crippen molar-refractivity contribution < 1.29 is 4.52 Å². The lowest BCUT2D eigenvalue weighted by Gasteiger charge is -2.37. The van der Waals surface area contributed by atoms with Crippen LogP contribution in [0.2, 0.25) is 0 Å². The van der Waals surface area contributed by atoms with Crippen molar-refractivity contribution in [2.75, 3.05) is 6.54 Å². The van der Waals surface area contributed by atoms with Crippen LogP contribution in [0.4, 0.5) is 0 Å². The van der Waals surface area contributed by atoms with Crippen molar-refractivity contribution >= 4 is 22.9 Å². The summed E-state index contributed by atoms with van der Waals surface area (Å²) in [5, 5.41) is 8.51. The van der Waals surface area contributed by atoms with E-state index >= 15 is 0 Å². The minimum atomic E-state index is -0.176. The highest BCUT2D eigenvalue weighted by molar-refractivity contribution is 7.80. The first-order chi connectivity index (χ1) is 16.6. The summed E-state index contributed by atoms with van der Waals surface area (Å²) in [5.74, 6) is 1.07. The molecule has 0 bridgehead atoms. The van der Waals surface area contributed by atoms with Crippen molar-refractivity contribution in [1.82, 2.24) is 20.4 Å². The zero-order valence-corrected chi connectivity index (χ0v) is 20.0. The maximum absolute atomic E-state index is 5.82. The molecule has 0 fully saturated rings. The summed E-state index contributed by atoms with van der Waals surface area (Å²) in [6, 6.07) is 28.6. The SMILES string of the molecule is CC1=C(c2nc(-c3ccccc3)no2)C(c2ccc(C)cc2)NC(=S)N1CCc1ccccc1. The highest BCUT2D eigenvalue weighted by Crippen LogP contribution is 2.37. The largest absolute Gasteiger partial charge is 0.351 e. The molecule has 1 aliphatic heterocycles. The molecule has 1 aliphatic rings. The number of benzene rings is 3. The summed E-state index contributed by atoms with van der Waals surface area (Å²) in [4.78, 5) is 6.91. The Morgan fingerprint density at radius 1 is 0.912 bits per heavy atom. The molecule has 4 aromatic rings. The Balaban J connectivity index is 1.54. The lowest BCUT2D eigenvalue weighted by atomic mass is 9.94. The summed E-state index contributed by atoms with van der Waals surface area (Å²) >= 11 is 5.82. The van der Waals surface area contributed by atoms with Gasteiger partial charge in [-0.05, 0) is 43.6 Å². The van der Waals surface area contributed by atoms with E-state index in [1.165, 1.54) is 11.1 Å². The predicted octanol–water partition coefficient (Wildman–Crippen LogP) is 5.95. The molecule has 1 atom stereocenters. The lowest BCUT2D eigenvalue weighted by molar-refractivity contribution is 0.397. The van der Waals surface area contributed by atoms with E-state index in [2.05, 4.69) is 77.8 Å². The normalized spacial score (nSPS) is 16.0. The van der Waals surface area contributed by atoms with E-state index in [-0.39, 0.29) is 6.04 Å². The van der Waals surface area contributed by atoms with Crippen LogP contribution >= 0.6 is 12.2 Å². The molecule has 6 heteroatoms. The van der Waals surface area contributed by atoms with Crippen LogP contribution in [-0.2, 0) is 6.42 Å². The Kier molecular flexibility index (Phi) is 6.23. The number of aryl methyl sites for hydroxylation is 1. The number of nitrogens with zero attached hydrogens (tertiary/aromatic N) is 3. The molecule has 2 heterocycles. The third kappa shape index (κ3) is 4.50. The van der Waals surface area contributed by atoms with E-state index in [1.54, 1.807) is 0 Å². The molecule has 5 rings (SSSR count). The number of thiocarbonyl (C=S) groups is 1. The van der Waals surface area contributed by atoms with Crippen molar-refractivity contribution in [2.24, 2.45) is 0 Å². The Morgan fingerprint density at radius 2 is 1.59 bits per heavy atom. The van der Waals surface area contributed by atoms with Gasteiger partial charge in [0.1, 0.15) is 0 Å². The molecule has 1 N–H and O–H groups in total. The smallest absolute Gasteiger partial charge is 0.258 e. The summed E-state index contributed by atoms with van der Waals surface area (Å²) in [6.45, 7) is 4.92. The Bertz CT molecular complexity index is 1310. The number of hydrogen-bond donors (Lipinski definition) is 1. The van der Waals surface area contributed by atoms with Crippen LogP contribution in [0.15, 0.2) is 95.1 Å². The third-order valence-electron chi connectivity index (χ3n) is 6.16. The van der Waals surface area contributed by atoms with E-state index in [1.807, 2.05) is 36.4 Å². The standard InChI is InChI=1S/C28H26N4OS/c1-19-13-15-22(16-14-19)25-24(27-30-26(31-33-27)23-11-7-4-8-12-23)20(2)32(28(34)29-25)18-17-21-9-5-3-6-10-21/h3-16,25H,17-18H2,1-2H3,(H,29,34). The molecule has 5 nitrogen and oxygen atoms in total. The molecule has 0 radical (unpaired) electrons. The van der Waals surface area contributed by atoms with Gasteiger partial charge in [0.15, 0.2) is 5.11 Å². The van der Waals surface area contributed by atoms with Gasteiger partial charge >= 0.3 is 0 Å². The molecule has 0 spiro atoms. The van der Waals surface area contributed by atoms with E-state index in [9.17, 15) is 0 Å². The zero-order chi connectivity index (χ0) is 23.5. The van der Waals surface area contributed by atoms with Crippen LogP contribution in [0.5, 0.6) is 0 Å². The van der Waals surface area contributed by atoms with Crippen LogP contribution in [0.3, 0.4) is 0 Å². The topological polar surface area (TPSA) is 54.2 Å². The monoisotopic (exact) mass is 466 g/mol. The maximum atomic E-state index is 5.82. The summed E-state index contributed by atoms with van der Waals surface area (Å²) in [7, 11) is 0. The number of rotatable bonds is 6. The number of allylic oxidation sites excluding steroid dienone is 1. The Morgan fingerprint density at radius 3 is 2.29 bits per heavy atom. The van der Waals surface area contributed by atoms with Gasteiger partial charge in [0.25, 0.3) is 5.89 Å². The molecule has 34 heavy (non-hydrogen) atoms. The van der Waals surface area contributed by atoms with Gasteiger partial charge in [0.2, 0.25) is 5.82 Å². The molecule has 0 saturated heterocycles. The van der Waals surface area contributed by atoms with Gasteiger partial charge in [-0.25, -0.2) is 0 Å². The van der Waals surface area contributed by atoms with Crippen LogP contribution in [-0.4, -0.2) is 26.7 Å². The highest BCUT2D eigenvalue weighted by atomic mass is 32.1. The van der Waals surface area contributed by atoms with Crippen LogP contribution in [0, 0.1) is 6.92 Å². The van der Waals surface area contributed by atoms with Crippen molar-refractivity contribution in [3.63, 3.8) is 0 Å². The molecule has 0 amide bonds.